The molecule has 102 valence electrons. The summed E-state index contributed by atoms with van der Waals surface area (Å²) in [4.78, 5) is 0. The van der Waals surface area contributed by atoms with Crippen molar-refractivity contribution in [1.29, 1.82) is 0 Å². The van der Waals surface area contributed by atoms with Crippen molar-refractivity contribution < 1.29 is 5.11 Å². The monoisotopic (exact) mass is 259 g/mol. The number of aromatic nitrogens is 2. The first kappa shape index (κ1) is 13.6. The van der Waals surface area contributed by atoms with Gasteiger partial charge in [-0.3, -0.25) is 5.10 Å². The standard InChI is InChI=1S/C15H21N3O/c1-11(13-5-3-7-15(19)9-13)16-8-4-6-14-10-17-18-12(14)2/h3,5,7,9-11,16,19H,4,6,8H2,1-2H3,(H,17,18). The number of aromatic hydroxyl groups is 1. The zero-order valence-electron chi connectivity index (χ0n) is 11.5. The molecule has 0 aliphatic carbocycles. The van der Waals surface area contributed by atoms with E-state index in [0.717, 1.165) is 30.6 Å². The number of nitrogens with zero attached hydrogens (tertiary/aromatic N) is 1. The molecule has 0 aliphatic rings. The zero-order valence-corrected chi connectivity index (χ0v) is 11.5. The predicted octanol–water partition coefficient (Wildman–Crippen LogP) is 2.71. The molecule has 1 heterocycles. The Labute approximate surface area is 113 Å². The lowest BCUT2D eigenvalue weighted by molar-refractivity contribution is 0.472. The Morgan fingerprint density at radius 2 is 2.26 bits per heavy atom. The number of benzene rings is 1. The second-order valence-electron chi connectivity index (χ2n) is 4.89. The van der Waals surface area contributed by atoms with Crippen molar-refractivity contribution in [3.63, 3.8) is 0 Å². The molecule has 0 fully saturated rings. The summed E-state index contributed by atoms with van der Waals surface area (Å²) in [6.45, 7) is 5.10. The molecule has 0 spiro atoms. The topological polar surface area (TPSA) is 60.9 Å². The van der Waals surface area contributed by atoms with Crippen LogP contribution in [0.5, 0.6) is 5.75 Å². The molecule has 19 heavy (non-hydrogen) atoms. The van der Waals surface area contributed by atoms with Crippen LogP contribution in [0.2, 0.25) is 0 Å². The Kier molecular flexibility index (Phi) is 4.58. The molecule has 3 N–H and O–H groups in total. The SMILES string of the molecule is Cc1[nH]ncc1CCCNC(C)c1cccc(O)c1. The van der Waals surface area contributed by atoms with E-state index in [-0.39, 0.29) is 6.04 Å². The van der Waals surface area contributed by atoms with Crippen molar-refractivity contribution in [1.82, 2.24) is 15.5 Å². The van der Waals surface area contributed by atoms with Gasteiger partial charge in [0.05, 0.1) is 6.20 Å². The van der Waals surface area contributed by atoms with Crippen molar-refractivity contribution in [2.24, 2.45) is 0 Å². The van der Waals surface area contributed by atoms with Gasteiger partial charge >= 0.3 is 0 Å². The quantitative estimate of drug-likeness (QED) is 0.699. The number of aryl methyl sites for hydroxylation is 2. The van der Waals surface area contributed by atoms with Gasteiger partial charge in [0.25, 0.3) is 0 Å². The average Bonchev–Trinajstić information content (AvgIpc) is 2.80. The molecule has 1 aromatic heterocycles. The molecule has 1 unspecified atom stereocenters. The highest BCUT2D eigenvalue weighted by atomic mass is 16.3. The molecule has 0 aliphatic heterocycles. The summed E-state index contributed by atoms with van der Waals surface area (Å²) < 4.78 is 0. The minimum Gasteiger partial charge on any atom is -0.508 e. The number of hydrogen-bond acceptors (Lipinski definition) is 3. The fourth-order valence-corrected chi connectivity index (χ4v) is 2.14. The average molecular weight is 259 g/mol. The lowest BCUT2D eigenvalue weighted by atomic mass is 10.1. The molecule has 2 rings (SSSR count). The summed E-state index contributed by atoms with van der Waals surface area (Å²) in [6, 6.07) is 7.64. The largest absolute Gasteiger partial charge is 0.508 e. The van der Waals surface area contributed by atoms with E-state index in [2.05, 4.69) is 22.4 Å². The molecule has 4 heteroatoms. The fourth-order valence-electron chi connectivity index (χ4n) is 2.14. The Morgan fingerprint density at radius 3 is 2.95 bits per heavy atom. The highest BCUT2D eigenvalue weighted by Gasteiger charge is 2.05. The van der Waals surface area contributed by atoms with Gasteiger partial charge in [0.15, 0.2) is 0 Å². The summed E-state index contributed by atoms with van der Waals surface area (Å²) in [7, 11) is 0. The first-order valence-corrected chi connectivity index (χ1v) is 6.68. The summed E-state index contributed by atoms with van der Waals surface area (Å²) >= 11 is 0. The van der Waals surface area contributed by atoms with E-state index < -0.39 is 0 Å². The van der Waals surface area contributed by atoms with Crippen LogP contribution in [0, 0.1) is 6.92 Å². The van der Waals surface area contributed by atoms with Gasteiger partial charge in [0, 0.05) is 11.7 Å². The predicted molar refractivity (Wildman–Crippen MR) is 76.2 cm³/mol. The van der Waals surface area contributed by atoms with Crippen molar-refractivity contribution in [3.8, 4) is 5.75 Å². The maximum atomic E-state index is 9.45. The van der Waals surface area contributed by atoms with E-state index in [4.69, 9.17) is 0 Å². The Bertz CT molecular complexity index is 522. The van der Waals surface area contributed by atoms with Crippen molar-refractivity contribution in [3.05, 3.63) is 47.3 Å². The van der Waals surface area contributed by atoms with Crippen LogP contribution in [0.15, 0.2) is 30.5 Å². The van der Waals surface area contributed by atoms with Crippen molar-refractivity contribution in [2.45, 2.75) is 32.7 Å². The van der Waals surface area contributed by atoms with Crippen LogP contribution in [0.1, 0.15) is 36.2 Å². The Hall–Kier alpha value is -1.81. The van der Waals surface area contributed by atoms with Gasteiger partial charge in [0.2, 0.25) is 0 Å². The van der Waals surface area contributed by atoms with Crippen LogP contribution in [0.4, 0.5) is 0 Å². The highest BCUT2D eigenvalue weighted by Crippen LogP contribution is 2.17. The third-order valence-corrected chi connectivity index (χ3v) is 3.38. The van der Waals surface area contributed by atoms with E-state index in [1.54, 1.807) is 12.1 Å². The number of H-pyrrole nitrogens is 1. The molecule has 0 radical (unpaired) electrons. The van der Waals surface area contributed by atoms with Crippen LogP contribution in [0.3, 0.4) is 0 Å². The van der Waals surface area contributed by atoms with Crippen LogP contribution in [-0.4, -0.2) is 21.8 Å². The second-order valence-corrected chi connectivity index (χ2v) is 4.89. The normalized spacial score (nSPS) is 12.5. The van der Waals surface area contributed by atoms with Crippen molar-refractivity contribution >= 4 is 0 Å². The summed E-state index contributed by atoms with van der Waals surface area (Å²) in [5.74, 6) is 0.320. The van der Waals surface area contributed by atoms with Gasteiger partial charge in [-0.05, 0) is 56.5 Å². The molecule has 0 saturated heterocycles. The number of phenols is 1. The number of nitrogens with one attached hydrogen (secondary N) is 2. The zero-order chi connectivity index (χ0) is 13.7. The Morgan fingerprint density at radius 1 is 1.42 bits per heavy atom. The van der Waals surface area contributed by atoms with Gasteiger partial charge < -0.3 is 10.4 Å². The van der Waals surface area contributed by atoms with Gasteiger partial charge in [-0.1, -0.05) is 12.1 Å². The summed E-state index contributed by atoms with van der Waals surface area (Å²) in [5, 5.41) is 19.9. The third kappa shape index (κ3) is 3.83. The lowest BCUT2D eigenvalue weighted by Gasteiger charge is -2.14. The van der Waals surface area contributed by atoms with Crippen LogP contribution < -0.4 is 5.32 Å². The number of hydrogen-bond donors (Lipinski definition) is 3. The molecule has 4 nitrogen and oxygen atoms in total. The van der Waals surface area contributed by atoms with Crippen LogP contribution >= 0.6 is 0 Å². The highest BCUT2D eigenvalue weighted by molar-refractivity contribution is 5.29. The van der Waals surface area contributed by atoms with E-state index in [0.29, 0.717) is 5.75 Å². The van der Waals surface area contributed by atoms with Crippen LogP contribution in [0.25, 0.3) is 0 Å². The maximum absolute atomic E-state index is 9.45. The molecule has 2 aromatic rings. The first-order chi connectivity index (χ1) is 9.16. The van der Waals surface area contributed by atoms with E-state index >= 15 is 0 Å². The van der Waals surface area contributed by atoms with E-state index in [9.17, 15) is 5.11 Å². The first-order valence-electron chi connectivity index (χ1n) is 6.68. The molecule has 1 atom stereocenters. The van der Waals surface area contributed by atoms with Gasteiger partial charge in [0.1, 0.15) is 5.75 Å². The maximum Gasteiger partial charge on any atom is 0.115 e. The van der Waals surface area contributed by atoms with E-state index in [1.807, 2.05) is 25.3 Å². The Balaban J connectivity index is 1.75. The number of aromatic amines is 1. The third-order valence-electron chi connectivity index (χ3n) is 3.38. The minimum atomic E-state index is 0.248. The minimum absolute atomic E-state index is 0.248. The van der Waals surface area contributed by atoms with Gasteiger partial charge in [-0.15, -0.1) is 0 Å². The molecule has 0 bridgehead atoms. The number of phenolic OH excluding ortho intramolecular Hbond substituents is 1. The van der Waals surface area contributed by atoms with E-state index in [1.165, 1.54) is 5.56 Å². The smallest absolute Gasteiger partial charge is 0.115 e. The molecular weight excluding hydrogens is 238 g/mol. The van der Waals surface area contributed by atoms with Crippen molar-refractivity contribution in [2.75, 3.05) is 6.54 Å². The molecule has 0 saturated carbocycles. The second kappa shape index (κ2) is 6.38. The molecule has 1 aromatic carbocycles. The van der Waals surface area contributed by atoms with Crippen LogP contribution in [-0.2, 0) is 6.42 Å². The lowest BCUT2D eigenvalue weighted by Crippen LogP contribution is -2.20. The number of rotatable bonds is 6. The van der Waals surface area contributed by atoms with Gasteiger partial charge in [-0.25, -0.2) is 0 Å². The molecule has 0 amide bonds. The van der Waals surface area contributed by atoms with Gasteiger partial charge in [-0.2, -0.15) is 5.10 Å². The summed E-state index contributed by atoms with van der Waals surface area (Å²) in [5.41, 5.74) is 3.55. The molecular formula is C15H21N3O. The summed E-state index contributed by atoms with van der Waals surface area (Å²) in [6.07, 6.45) is 4.00. The fraction of sp³-hybridized carbons (Fsp3) is 0.400.